The minimum Gasteiger partial charge on any atom is -0.497 e. The number of aryl methyl sites for hydroxylation is 1. The number of thioether (sulfide) groups is 1. The SMILES string of the molecule is COc1ccc(C(=O)CSc2nnc(-c3cccc(C)c3)o2)cc1. The summed E-state index contributed by atoms with van der Waals surface area (Å²) in [6.45, 7) is 2.00. The molecule has 2 aromatic carbocycles. The summed E-state index contributed by atoms with van der Waals surface area (Å²) in [4.78, 5) is 12.2. The van der Waals surface area contributed by atoms with Gasteiger partial charge in [0, 0.05) is 11.1 Å². The molecule has 0 aliphatic heterocycles. The zero-order valence-corrected chi connectivity index (χ0v) is 14.2. The van der Waals surface area contributed by atoms with Gasteiger partial charge in [0.1, 0.15) is 5.75 Å². The lowest BCUT2D eigenvalue weighted by Crippen LogP contribution is -2.02. The summed E-state index contributed by atoms with van der Waals surface area (Å²) >= 11 is 1.23. The maximum absolute atomic E-state index is 12.2. The van der Waals surface area contributed by atoms with Crippen LogP contribution in [0.15, 0.2) is 58.2 Å². The molecule has 0 atom stereocenters. The predicted molar refractivity (Wildman–Crippen MR) is 92.5 cm³/mol. The zero-order chi connectivity index (χ0) is 16.9. The topological polar surface area (TPSA) is 65.2 Å². The summed E-state index contributed by atoms with van der Waals surface area (Å²) in [5, 5.41) is 8.41. The highest BCUT2D eigenvalue weighted by molar-refractivity contribution is 7.99. The molecule has 0 aliphatic carbocycles. The van der Waals surface area contributed by atoms with E-state index in [4.69, 9.17) is 9.15 Å². The first-order chi connectivity index (χ1) is 11.7. The van der Waals surface area contributed by atoms with E-state index in [1.165, 1.54) is 11.8 Å². The van der Waals surface area contributed by atoms with E-state index in [9.17, 15) is 4.79 Å². The van der Waals surface area contributed by atoms with Gasteiger partial charge in [0.2, 0.25) is 5.89 Å². The van der Waals surface area contributed by atoms with Gasteiger partial charge in [0.05, 0.1) is 12.9 Å². The van der Waals surface area contributed by atoms with Gasteiger partial charge >= 0.3 is 0 Å². The molecule has 0 aliphatic rings. The van der Waals surface area contributed by atoms with E-state index in [0.29, 0.717) is 16.7 Å². The van der Waals surface area contributed by atoms with Crippen LogP contribution in [0.1, 0.15) is 15.9 Å². The first-order valence-corrected chi connectivity index (χ1v) is 8.35. The zero-order valence-electron chi connectivity index (χ0n) is 13.4. The molecule has 1 heterocycles. The molecule has 3 aromatic rings. The summed E-state index contributed by atoms with van der Waals surface area (Å²) in [7, 11) is 1.59. The van der Waals surface area contributed by atoms with Crippen molar-refractivity contribution < 1.29 is 13.9 Å². The Kier molecular flexibility index (Phi) is 4.96. The lowest BCUT2D eigenvalue weighted by Gasteiger charge is -2.01. The number of carbonyl (C=O) groups excluding carboxylic acids is 1. The van der Waals surface area contributed by atoms with E-state index >= 15 is 0 Å². The summed E-state index contributed by atoms with van der Waals surface area (Å²) in [6.07, 6.45) is 0. The van der Waals surface area contributed by atoms with Crippen LogP contribution in [0.25, 0.3) is 11.5 Å². The normalized spacial score (nSPS) is 10.6. The third-order valence-electron chi connectivity index (χ3n) is 3.41. The molecule has 5 nitrogen and oxygen atoms in total. The minimum absolute atomic E-state index is 0.00189. The van der Waals surface area contributed by atoms with Crippen molar-refractivity contribution in [3.8, 4) is 17.2 Å². The molecule has 0 spiro atoms. The number of hydrogen-bond donors (Lipinski definition) is 0. The van der Waals surface area contributed by atoms with Crippen molar-refractivity contribution >= 4 is 17.5 Å². The number of ketones is 1. The van der Waals surface area contributed by atoms with Gasteiger partial charge in [-0.1, -0.05) is 29.5 Å². The van der Waals surface area contributed by atoms with E-state index in [0.717, 1.165) is 16.9 Å². The Morgan fingerprint density at radius 2 is 1.96 bits per heavy atom. The van der Waals surface area contributed by atoms with Crippen molar-refractivity contribution in [2.45, 2.75) is 12.1 Å². The molecule has 0 unspecified atom stereocenters. The first-order valence-electron chi connectivity index (χ1n) is 7.36. The van der Waals surface area contributed by atoms with Crippen molar-refractivity contribution in [3.05, 3.63) is 59.7 Å². The molecule has 0 bridgehead atoms. The van der Waals surface area contributed by atoms with Crippen LogP contribution in [-0.2, 0) is 0 Å². The van der Waals surface area contributed by atoms with E-state index in [-0.39, 0.29) is 11.5 Å². The van der Waals surface area contributed by atoms with Gasteiger partial charge < -0.3 is 9.15 Å². The Hall–Kier alpha value is -2.60. The molecule has 1 aromatic heterocycles. The van der Waals surface area contributed by atoms with Gasteiger partial charge in [-0.05, 0) is 43.3 Å². The molecule has 0 amide bonds. The number of benzene rings is 2. The smallest absolute Gasteiger partial charge is 0.277 e. The van der Waals surface area contributed by atoms with Crippen LogP contribution < -0.4 is 4.74 Å². The maximum Gasteiger partial charge on any atom is 0.277 e. The van der Waals surface area contributed by atoms with E-state index in [2.05, 4.69) is 10.2 Å². The van der Waals surface area contributed by atoms with Gasteiger partial charge in [0.15, 0.2) is 5.78 Å². The second-order valence-electron chi connectivity index (χ2n) is 5.18. The van der Waals surface area contributed by atoms with Gasteiger partial charge in [0.25, 0.3) is 5.22 Å². The molecule has 6 heteroatoms. The summed E-state index contributed by atoms with van der Waals surface area (Å²) in [5.74, 6) is 1.41. The Balaban J connectivity index is 1.63. The van der Waals surface area contributed by atoms with Crippen LogP contribution in [0.5, 0.6) is 5.75 Å². The molecule has 0 saturated heterocycles. The Morgan fingerprint density at radius 3 is 2.67 bits per heavy atom. The van der Waals surface area contributed by atoms with Gasteiger partial charge in [-0.15, -0.1) is 10.2 Å². The molecular weight excluding hydrogens is 324 g/mol. The highest BCUT2D eigenvalue weighted by Gasteiger charge is 2.12. The maximum atomic E-state index is 12.2. The molecule has 24 heavy (non-hydrogen) atoms. The monoisotopic (exact) mass is 340 g/mol. The number of methoxy groups -OCH3 is 1. The number of hydrogen-bond acceptors (Lipinski definition) is 6. The fourth-order valence-electron chi connectivity index (χ4n) is 2.15. The van der Waals surface area contributed by atoms with Gasteiger partial charge in [-0.3, -0.25) is 4.79 Å². The van der Waals surface area contributed by atoms with Crippen LogP contribution in [0.4, 0.5) is 0 Å². The van der Waals surface area contributed by atoms with Crippen LogP contribution >= 0.6 is 11.8 Å². The summed E-state index contributed by atoms with van der Waals surface area (Å²) in [6, 6.07) is 14.8. The van der Waals surface area contributed by atoms with E-state index < -0.39 is 0 Å². The number of Topliss-reactive ketones (excluding diaryl/α,β-unsaturated/α-hetero) is 1. The molecule has 0 saturated carbocycles. The van der Waals surface area contributed by atoms with Crippen LogP contribution in [0.3, 0.4) is 0 Å². The molecule has 0 radical (unpaired) electrons. The number of rotatable bonds is 6. The average molecular weight is 340 g/mol. The summed E-state index contributed by atoms with van der Waals surface area (Å²) in [5.41, 5.74) is 2.62. The van der Waals surface area contributed by atoms with Crippen LogP contribution in [0, 0.1) is 6.92 Å². The van der Waals surface area contributed by atoms with Crippen molar-refractivity contribution in [3.63, 3.8) is 0 Å². The van der Waals surface area contributed by atoms with Gasteiger partial charge in [-0.2, -0.15) is 0 Å². The summed E-state index contributed by atoms with van der Waals surface area (Å²) < 4.78 is 10.7. The number of nitrogens with zero attached hydrogens (tertiary/aromatic N) is 2. The molecule has 122 valence electrons. The lowest BCUT2D eigenvalue weighted by atomic mass is 10.1. The Morgan fingerprint density at radius 1 is 1.17 bits per heavy atom. The number of aromatic nitrogens is 2. The quantitative estimate of drug-likeness (QED) is 0.499. The predicted octanol–water partition coefficient (Wildman–Crippen LogP) is 4.03. The average Bonchev–Trinajstić information content (AvgIpc) is 3.09. The van der Waals surface area contributed by atoms with Crippen molar-refractivity contribution in [1.82, 2.24) is 10.2 Å². The largest absolute Gasteiger partial charge is 0.497 e. The minimum atomic E-state index is -0.00189. The van der Waals surface area contributed by atoms with Crippen LogP contribution in [0.2, 0.25) is 0 Å². The fraction of sp³-hybridized carbons (Fsp3) is 0.167. The molecule has 3 rings (SSSR count). The second kappa shape index (κ2) is 7.31. The lowest BCUT2D eigenvalue weighted by molar-refractivity contribution is 0.102. The third-order valence-corrected chi connectivity index (χ3v) is 4.23. The highest BCUT2D eigenvalue weighted by Crippen LogP contribution is 2.24. The van der Waals surface area contributed by atoms with Crippen molar-refractivity contribution in [2.24, 2.45) is 0 Å². The van der Waals surface area contributed by atoms with E-state index in [1.807, 2.05) is 31.2 Å². The standard InChI is InChI=1S/C18H16N2O3S/c1-12-4-3-5-14(10-12)17-19-20-18(23-17)24-11-16(21)13-6-8-15(22-2)9-7-13/h3-10H,11H2,1-2H3. The van der Waals surface area contributed by atoms with Crippen molar-refractivity contribution in [2.75, 3.05) is 12.9 Å². The Bertz CT molecular complexity index is 843. The van der Waals surface area contributed by atoms with Crippen LogP contribution in [-0.4, -0.2) is 28.8 Å². The molecular formula is C18H16N2O3S. The number of carbonyl (C=O) groups is 1. The highest BCUT2D eigenvalue weighted by atomic mass is 32.2. The second-order valence-corrected chi connectivity index (χ2v) is 6.11. The van der Waals surface area contributed by atoms with Gasteiger partial charge in [-0.25, -0.2) is 0 Å². The first kappa shape index (κ1) is 16.3. The Labute approximate surface area is 144 Å². The van der Waals surface area contributed by atoms with Crippen molar-refractivity contribution in [1.29, 1.82) is 0 Å². The number of ether oxygens (including phenoxy) is 1. The fourth-order valence-corrected chi connectivity index (χ4v) is 2.81. The molecule has 0 N–H and O–H groups in total. The van der Waals surface area contributed by atoms with E-state index in [1.54, 1.807) is 31.4 Å². The third kappa shape index (κ3) is 3.83. The molecule has 0 fully saturated rings.